The lowest BCUT2D eigenvalue weighted by atomic mass is 10.1. The van der Waals surface area contributed by atoms with Crippen molar-refractivity contribution >= 4 is 12.0 Å². The number of carbonyl (C=O) groups excluding carboxylic acids is 1. The van der Waals surface area contributed by atoms with Gasteiger partial charge in [-0.05, 0) is 23.8 Å². The summed E-state index contributed by atoms with van der Waals surface area (Å²) < 4.78 is 0. The Morgan fingerprint density at radius 1 is 1.47 bits per heavy atom. The fourth-order valence-electron chi connectivity index (χ4n) is 1.13. The minimum absolute atomic E-state index is 0.0799. The highest BCUT2D eigenvalue weighted by Crippen LogP contribution is 2.05. The maximum absolute atomic E-state index is 11.3. The summed E-state index contributed by atoms with van der Waals surface area (Å²) >= 11 is 0. The molecule has 4 nitrogen and oxygen atoms in total. The maximum atomic E-state index is 11.3. The second-order valence-electron chi connectivity index (χ2n) is 3.28. The number of amides is 1. The summed E-state index contributed by atoms with van der Waals surface area (Å²) in [5.74, 6) is -0.519. The molecule has 4 heteroatoms. The van der Waals surface area contributed by atoms with Crippen LogP contribution in [0.25, 0.3) is 6.08 Å². The molecule has 86 valence electrons. The van der Waals surface area contributed by atoms with Crippen molar-refractivity contribution in [3.05, 3.63) is 54.1 Å². The van der Waals surface area contributed by atoms with Crippen LogP contribution >= 0.6 is 0 Å². The third kappa shape index (κ3) is 3.93. The third-order valence-corrected chi connectivity index (χ3v) is 2.01. The SMILES string of the molecule is C=CCN(O)C(=O)/C=C/c1ccc(C#N)cc1. The summed E-state index contributed by atoms with van der Waals surface area (Å²) in [5.41, 5.74) is 1.34. The van der Waals surface area contributed by atoms with Crippen LogP contribution in [0.5, 0.6) is 0 Å². The second-order valence-corrected chi connectivity index (χ2v) is 3.28. The Morgan fingerprint density at radius 3 is 2.65 bits per heavy atom. The number of rotatable bonds is 4. The molecule has 0 aliphatic rings. The zero-order chi connectivity index (χ0) is 12.7. The topological polar surface area (TPSA) is 64.3 Å². The monoisotopic (exact) mass is 228 g/mol. The number of hydroxylamine groups is 2. The molecular formula is C13H12N2O2. The van der Waals surface area contributed by atoms with Gasteiger partial charge in [0.25, 0.3) is 5.91 Å². The van der Waals surface area contributed by atoms with Crippen LogP contribution in [0.3, 0.4) is 0 Å². The molecule has 0 aromatic heterocycles. The van der Waals surface area contributed by atoms with Crippen molar-refractivity contribution in [3.63, 3.8) is 0 Å². The molecule has 1 aromatic rings. The Bertz CT molecular complexity index is 469. The quantitative estimate of drug-likeness (QED) is 0.371. The average molecular weight is 228 g/mol. The summed E-state index contributed by atoms with van der Waals surface area (Å²) in [6, 6.07) is 8.76. The summed E-state index contributed by atoms with van der Waals surface area (Å²) in [7, 11) is 0. The van der Waals surface area contributed by atoms with Crippen LogP contribution in [-0.4, -0.2) is 22.7 Å². The molecule has 1 N–H and O–H groups in total. The van der Waals surface area contributed by atoms with Crippen molar-refractivity contribution in [1.29, 1.82) is 5.26 Å². The molecule has 0 aliphatic carbocycles. The maximum Gasteiger partial charge on any atom is 0.270 e. The molecule has 17 heavy (non-hydrogen) atoms. The van der Waals surface area contributed by atoms with Crippen LogP contribution in [0.15, 0.2) is 43.0 Å². The lowest BCUT2D eigenvalue weighted by Crippen LogP contribution is -2.25. The first-order valence-corrected chi connectivity index (χ1v) is 4.97. The molecule has 0 spiro atoms. The van der Waals surface area contributed by atoms with Crippen molar-refractivity contribution in [1.82, 2.24) is 5.06 Å². The van der Waals surface area contributed by atoms with E-state index in [-0.39, 0.29) is 6.54 Å². The fourth-order valence-corrected chi connectivity index (χ4v) is 1.13. The Labute approximate surface area is 99.7 Å². The van der Waals surface area contributed by atoms with E-state index in [1.165, 1.54) is 12.2 Å². The molecule has 1 aromatic carbocycles. The van der Waals surface area contributed by atoms with Gasteiger partial charge in [0.1, 0.15) is 0 Å². The normalized spacial score (nSPS) is 9.88. The molecule has 0 heterocycles. The van der Waals surface area contributed by atoms with Gasteiger partial charge < -0.3 is 0 Å². The minimum Gasteiger partial charge on any atom is -0.285 e. The first kappa shape index (κ1) is 12.7. The van der Waals surface area contributed by atoms with Crippen LogP contribution < -0.4 is 0 Å². The molecule has 0 bridgehead atoms. The van der Waals surface area contributed by atoms with Crippen LogP contribution in [0.2, 0.25) is 0 Å². The van der Waals surface area contributed by atoms with E-state index in [4.69, 9.17) is 5.26 Å². The average Bonchev–Trinajstić information content (AvgIpc) is 2.36. The number of nitrogens with zero attached hydrogens (tertiary/aromatic N) is 2. The smallest absolute Gasteiger partial charge is 0.270 e. The van der Waals surface area contributed by atoms with Gasteiger partial charge in [-0.1, -0.05) is 18.2 Å². The van der Waals surface area contributed by atoms with E-state index in [0.717, 1.165) is 5.56 Å². The summed E-state index contributed by atoms with van der Waals surface area (Å²) in [4.78, 5) is 11.3. The first-order valence-electron chi connectivity index (χ1n) is 4.97. The Kier molecular flexibility index (Phi) is 4.67. The molecule has 0 aliphatic heterocycles. The predicted octanol–water partition coefficient (Wildman–Crippen LogP) is 1.98. The largest absolute Gasteiger partial charge is 0.285 e. The number of benzene rings is 1. The fraction of sp³-hybridized carbons (Fsp3) is 0.0769. The molecule has 0 unspecified atom stereocenters. The highest BCUT2D eigenvalue weighted by atomic mass is 16.5. The van der Waals surface area contributed by atoms with E-state index in [9.17, 15) is 10.0 Å². The molecule has 1 amide bonds. The van der Waals surface area contributed by atoms with E-state index in [1.807, 2.05) is 6.07 Å². The van der Waals surface area contributed by atoms with Gasteiger partial charge in [0.2, 0.25) is 0 Å². The molecule has 0 saturated heterocycles. The molecule has 0 radical (unpaired) electrons. The van der Waals surface area contributed by atoms with E-state index >= 15 is 0 Å². The highest BCUT2D eigenvalue weighted by molar-refractivity contribution is 5.91. The predicted molar refractivity (Wildman–Crippen MR) is 63.9 cm³/mol. The highest BCUT2D eigenvalue weighted by Gasteiger charge is 2.03. The molecule has 0 fully saturated rings. The van der Waals surface area contributed by atoms with Gasteiger partial charge >= 0.3 is 0 Å². The summed E-state index contributed by atoms with van der Waals surface area (Å²) in [6.07, 6.45) is 4.24. The van der Waals surface area contributed by atoms with Crippen LogP contribution in [-0.2, 0) is 4.79 Å². The number of hydrogen-bond donors (Lipinski definition) is 1. The van der Waals surface area contributed by atoms with Gasteiger partial charge in [-0.2, -0.15) is 5.26 Å². The first-order chi connectivity index (χ1) is 8.17. The van der Waals surface area contributed by atoms with Crippen molar-refractivity contribution < 1.29 is 10.0 Å². The van der Waals surface area contributed by atoms with E-state index in [2.05, 4.69) is 6.58 Å². The Hall–Kier alpha value is -2.38. The summed E-state index contributed by atoms with van der Waals surface area (Å²) in [5, 5.41) is 18.4. The summed E-state index contributed by atoms with van der Waals surface area (Å²) in [6.45, 7) is 3.49. The van der Waals surface area contributed by atoms with Crippen LogP contribution in [0.4, 0.5) is 0 Å². The van der Waals surface area contributed by atoms with Gasteiger partial charge in [-0.25, -0.2) is 5.06 Å². The Morgan fingerprint density at radius 2 is 2.12 bits per heavy atom. The van der Waals surface area contributed by atoms with Gasteiger partial charge in [0, 0.05) is 6.08 Å². The molecule has 0 saturated carbocycles. The van der Waals surface area contributed by atoms with Crippen molar-refractivity contribution in [2.75, 3.05) is 6.54 Å². The van der Waals surface area contributed by atoms with Crippen LogP contribution in [0.1, 0.15) is 11.1 Å². The minimum atomic E-state index is -0.519. The molecule has 1 rings (SSSR count). The van der Waals surface area contributed by atoms with E-state index < -0.39 is 5.91 Å². The third-order valence-electron chi connectivity index (χ3n) is 2.01. The van der Waals surface area contributed by atoms with Crippen molar-refractivity contribution in [2.24, 2.45) is 0 Å². The van der Waals surface area contributed by atoms with E-state index in [0.29, 0.717) is 10.6 Å². The number of nitriles is 1. The zero-order valence-electron chi connectivity index (χ0n) is 9.21. The standard InChI is InChI=1S/C13H12N2O2/c1-2-9-15(17)13(16)8-7-11-3-5-12(10-14)6-4-11/h2-8,17H,1,9H2/b8-7+. The lowest BCUT2D eigenvalue weighted by Gasteiger charge is -2.08. The van der Waals surface area contributed by atoms with Gasteiger partial charge in [-0.15, -0.1) is 6.58 Å². The molecular weight excluding hydrogens is 216 g/mol. The Balaban J connectivity index is 2.67. The van der Waals surface area contributed by atoms with E-state index in [1.54, 1.807) is 30.3 Å². The number of carbonyl (C=O) groups is 1. The lowest BCUT2D eigenvalue weighted by molar-refractivity contribution is -0.156. The number of hydrogen-bond acceptors (Lipinski definition) is 3. The van der Waals surface area contributed by atoms with Gasteiger partial charge in [0.15, 0.2) is 0 Å². The van der Waals surface area contributed by atoms with Gasteiger partial charge in [0.05, 0.1) is 18.2 Å². The van der Waals surface area contributed by atoms with Crippen LogP contribution in [0, 0.1) is 11.3 Å². The second kappa shape index (κ2) is 6.26. The van der Waals surface area contributed by atoms with Crippen molar-refractivity contribution in [3.8, 4) is 6.07 Å². The zero-order valence-corrected chi connectivity index (χ0v) is 9.21. The van der Waals surface area contributed by atoms with Gasteiger partial charge in [-0.3, -0.25) is 10.0 Å². The molecule has 0 atom stereocenters. The van der Waals surface area contributed by atoms with Crippen molar-refractivity contribution in [2.45, 2.75) is 0 Å².